The highest BCUT2D eigenvalue weighted by molar-refractivity contribution is 6.05. The minimum Gasteiger partial charge on any atom is -0.346 e. The smallest absolute Gasteiger partial charge is 0.252 e. The number of rotatable bonds is 3. The molecule has 0 radical (unpaired) electrons. The molecule has 5 heteroatoms. The summed E-state index contributed by atoms with van der Waals surface area (Å²) >= 11 is 0. The summed E-state index contributed by atoms with van der Waals surface area (Å²) in [5.74, 6) is -0.289. The van der Waals surface area contributed by atoms with E-state index in [1.54, 1.807) is 18.3 Å². The average Bonchev–Trinajstić information content (AvgIpc) is 2.52. The topological polar surface area (TPSA) is 74.8 Å². The van der Waals surface area contributed by atoms with Crippen molar-refractivity contribution in [1.29, 1.82) is 0 Å². The van der Waals surface area contributed by atoms with Crippen molar-refractivity contribution in [2.45, 2.75) is 6.54 Å². The Kier molecular flexibility index (Phi) is 3.47. The van der Waals surface area contributed by atoms with Gasteiger partial charge in [-0.1, -0.05) is 24.3 Å². The van der Waals surface area contributed by atoms with E-state index in [9.17, 15) is 9.59 Å². The number of aromatic amines is 1. The largest absolute Gasteiger partial charge is 0.346 e. The van der Waals surface area contributed by atoms with Crippen molar-refractivity contribution in [3.63, 3.8) is 0 Å². The highest BCUT2D eigenvalue weighted by Gasteiger charge is 2.11. The highest BCUT2D eigenvalue weighted by atomic mass is 16.2. The molecule has 5 nitrogen and oxygen atoms in total. The molecule has 2 aromatic heterocycles. The normalized spacial score (nSPS) is 10.5. The predicted molar refractivity (Wildman–Crippen MR) is 80.0 cm³/mol. The monoisotopic (exact) mass is 279 g/mol. The Balaban J connectivity index is 1.89. The molecule has 0 aliphatic heterocycles. The molecule has 0 atom stereocenters. The Bertz CT molecular complexity index is 841. The van der Waals surface area contributed by atoms with E-state index in [0.717, 1.165) is 11.1 Å². The van der Waals surface area contributed by atoms with Gasteiger partial charge in [-0.25, -0.2) is 0 Å². The Labute approximate surface area is 120 Å². The van der Waals surface area contributed by atoms with E-state index in [1.165, 1.54) is 6.07 Å². The van der Waals surface area contributed by atoms with E-state index in [-0.39, 0.29) is 11.5 Å². The van der Waals surface area contributed by atoms with Gasteiger partial charge in [0.1, 0.15) is 0 Å². The first-order valence-electron chi connectivity index (χ1n) is 6.54. The van der Waals surface area contributed by atoms with Crippen LogP contribution in [0.25, 0.3) is 10.9 Å². The van der Waals surface area contributed by atoms with Crippen LogP contribution in [0.15, 0.2) is 59.5 Å². The molecule has 0 spiro atoms. The van der Waals surface area contributed by atoms with Gasteiger partial charge in [0.2, 0.25) is 5.56 Å². The van der Waals surface area contributed by atoms with Crippen molar-refractivity contribution < 1.29 is 4.79 Å². The predicted octanol–water partition coefficient (Wildman–Crippen LogP) is 1.85. The first-order valence-corrected chi connectivity index (χ1v) is 6.54. The standard InChI is InChI=1S/C16H13N3O2/c20-15-9-13(12-6-1-2-7-14(12)19-15)16(21)18-10-11-5-3-4-8-17-11/h1-9H,10H2,(H,18,21)(H,19,20). The van der Waals surface area contributed by atoms with Gasteiger partial charge in [0.25, 0.3) is 5.91 Å². The number of nitrogens with one attached hydrogen (secondary N) is 2. The molecular formula is C16H13N3O2. The summed E-state index contributed by atoms with van der Waals surface area (Å²) in [6.07, 6.45) is 1.67. The second-order valence-electron chi connectivity index (χ2n) is 4.60. The Morgan fingerprint density at radius 3 is 2.76 bits per heavy atom. The molecule has 0 fully saturated rings. The zero-order valence-electron chi connectivity index (χ0n) is 11.2. The molecule has 21 heavy (non-hydrogen) atoms. The van der Waals surface area contributed by atoms with Crippen molar-refractivity contribution in [2.24, 2.45) is 0 Å². The Morgan fingerprint density at radius 2 is 1.95 bits per heavy atom. The van der Waals surface area contributed by atoms with Crippen molar-refractivity contribution in [2.75, 3.05) is 0 Å². The summed E-state index contributed by atoms with van der Waals surface area (Å²) in [6.45, 7) is 0.320. The highest BCUT2D eigenvalue weighted by Crippen LogP contribution is 2.14. The van der Waals surface area contributed by atoms with E-state index in [1.807, 2.05) is 30.3 Å². The fourth-order valence-corrected chi connectivity index (χ4v) is 2.16. The molecule has 0 unspecified atom stereocenters. The van der Waals surface area contributed by atoms with E-state index in [0.29, 0.717) is 17.6 Å². The van der Waals surface area contributed by atoms with E-state index < -0.39 is 0 Å². The third-order valence-electron chi connectivity index (χ3n) is 3.15. The second-order valence-corrected chi connectivity index (χ2v) is 4.60. The van der Waals surface area contributed by atoms with Crippen LogP contribution in [0.5, 0.6) is 0 Å². The number of H-pyrrole nitrogens is 1. The summed E-state index contributed by atoms with van der Waals surface area (Å²) in [4.78, 5) is 30.8. The molecule has 0 saturated heterocycles. The van der Waals surface area contributed by atoms with Crippen LogP contribution in [0.4, 0.5) is 0 Å². The molecule has 3 aromatic rings. The van der Waals surface area contributed by atoms with E-state index in [2.05, 4.69) is 15.3 Å². The molecule has 0 aliphatic rings. The van der Waals surface area contributed by atoms with Gasteiger partial charge in [-0.05, 0) is 18.2 Å². The first kappa shape index (κ1) is 13.1. The van der Waals surface area contributed by atoms with Crippen LogP contribution in [0.3, 0.4) is 0 Å². The van der Waals surface area contributed by atoms with Gasteiger partial charge >= 0.3 is 0 Å². The Hall–Kier alpha value is -2.95. The van der Waals surface area contributed by atoms with Crippen LogP contribution >= 0.6 is 0 Å². The number of pyridine rings is 2. The lowest BCUT2D eigenvalue weighted by Gasteiger charge is -2.07. The minimum absolute atomic E-state index is 0.289. The van der Waals surface area contributed by atoms with Crippen LogP contribution in [0.2, 0.25) is 0 Å². The summed E-state index contributed by atoms with van der Waals surface area (Å²) in [6, 6.07) is 14.0. The summed E-state index contributed by atoms with van der Waals surface area (Å²) in [7, 11) is 0. The third-order valence-corrected chi connectivity index (χ3v) is 3.15. The van der Waals surface area contributed by atoms with Gasteiger partial charge in [-0.3, -0.25) is 14.6 Å². The molecule has 2 N–H and O–H groups in total. The number of carbonyl (C=O) groups excluding carboxylic acids is 1. The molecule has 3 rings (SSSR count). The molecule has 1 aromatic carbocycles. The molecule has 2 heterocycles. The number of amides is 1. The number of para-hydroxylation sites is 1. The minimum atomic E-state index is -0.295. The van der Waals surface area contributed by atoms with Crippen LogP contribution in [-0.4, -0.2) is 15.9 Å². The SMILES string of the molecule is O=C(NCc1ccccn1)c1cc(=O)[nH]c2ccccc12. The van der Waals surface area contributed by atoms with Crippen molar-refractivity contribution in [1.82, 2.24) is 15.3 Å². The fraction of sp³-hybridized carbons (Fsp3) is 0.0625. The number of carbonyl (C=O) groups is 1. The van der Waals surface area contributed by atoms with E-state index in [4.69, 9.17) is 0 Å². The maximum atomic E-state index is 12.3. The van der Waals surface area contributed by atoms with E-state index >= 15 is 0 Å². The van der Waals surface area contributed by atoms with Crippen LogP contribution in [0.1, 0.15) is 16.1 Å². The van der Waals surface area contributed by atoms with Crippen LogP contribution in [0, 0.1) is 0 Å². The van der Waals surface area contributed by atoms with Crippen molar-refractivity contribution in [3.8, 4) is 0 Å². The molecule has 0 bridgehead atoms. The number of benzene rings is 1. The van der Waals surface area contributed by atoms with Crippen LogP contribution in [-0.2, 0) is 6.54 Å². The summed E-state index contributed by atoms with van der Waals surface area (Å²) < 4.78 is 0. The lowest BCUT2D eigenvalue weighted by atomic mass is 10.1. The van der Waals surface area contributed by atoms with Gasteiger partial charge in [-0.2, -0.15) is 0 Å². The van der Waals surface area contributed by atoms with Gasteiger partial charge in [0, 0.05) is 23.2 Å². The number of hydrogen-bond donors (Lipinski definition) is 2. The molecule has 0 aliphatic carbocycles. The number of fused-ring (bicyclic) bond motifs is 1. The zero-order valence-corrected chi connectivity index (χ0v) is 11.2. The molecular weight excluding hydrogens is 266 g/mol. The fourth-order valence-electron chi connectivity index (χ4n) is 2.16. The van der Waals surface area contributed by atoms with Crippen molar-refractivity contribution in [3.05, 3.63) is 76.3 Å². The molecule has 1 amide bonds. The van der Waals surface area contributed by atoms with Gasteiger partial charge in [0.05, 0.1) is 17.8 Å². The average molecular weight is 279 g/mol. The van der Waals surface area contributed by atoms with Crippen molar-refractivity contribution >= 4 is 16.8 Å². The summed E-state index contributed by atoms with van der Waals surface area (Å²) in [5.41, 5.74) is 1.48. The third kappa shape index (κ3) is 2.81. The summed E-state index contributed by atoms with van der Waals surface area (Å²) in [5, 5.41) is 3.50. The Morgan fingerprint density at radius 1 is 1.14 bits per heavy atom. The molecule has 104 valence electrons. The lowest BCUT2D eigenvalue weighted by Crippen LogP contribution is -2.25. The van der Waals surface area contributed by atoms with Gasteiger partial charge in [0.15, 0.2) is 0 Å². The first-order chi connectivity index (χ1) is 10.2. The number of hydrogen-bond acceptors (Lipinski definition) is 3. The zero-order chi connectivity index (χ0) is 14.7. The number of aromatic nitrogens is 2. The lowest BCUT2D eigenvalue weighted by molar-refractivity contribution is 0.0952. The van der Waals surface area contributed by atoms with Crippen LogP contribution < -0.4 is 10.9 Å². The van der Waals surface area contributed by atoms with Gasteiger partial charge < -0.3 is 10.3 Å². The number of nitrogens with zero attached hydrogens (tertiary/aromatic N) is 1. The second kappa shape index (κ2) is 5.58. The molecule has 0 saturated carbocycles. The maximum Gasteiger partial charge on any atom is 0.252 e. The maximum absolute atomic E-state index is 12.3. The quantitative estimate of drug-likeness (QED) is 0.768. The van der Waals surface area contributed by atoms with Gasteiger partial charge in [-0.15, -0.1) is 0 Å².